The van der Waals surface area contributed by atoms with E-state index in [-0.39, 0.29) is 11.3 Å². The van der Waals surface area contributed by atoms with Crippen LogP contribution >= 0.6 is 0 Å². The molecule has 0 saturated heterocycles. The molecule has 1 aliphatic carbocycles. The lowest BCUT2D eigenvalue weighted by Gasteiger charge is -2.15. The van der Waals surface area contributed by atoms with Gasteiger partial charge in [0.1, 0.15) is 5.82 Å². The molecule has 98 valence electrons. The van der Waals surface area contributed by atoms with Crippen LogP contribution < -0.4 is 0 Å². The third kappa shape index (κ3) is 3.39. The van der Waals surface area contributed by atoms with Gasteiger partial charge in [-0.3, -0.25) is 4.79 Å². The van der Waals surface area contributed by atoms with Gasteiger partial charge in [-0.1, -0.05) is 19.1 Å². The molecule has 1 aliphatic rings. The van der Waals surface area contributed by atoms with Gasteiger partial charge in [0.2, 0.25) is 0 Å². The molecule has 0 aromatic heterocycles. The number of hydrogen-bond acceptors (Lipinski definition) is 2. The maximum absolute atomic E-state index is 13.4. The van der Waals surface area contributed by atoms with Gasteiger partial charge in [0.15, 0.2) is 5.78 Å². The average Bonchev–Trinajstić information content (AvgIpc) is 3.02. The second-order valence-electron chi connectivity index (χ2n) is 5.39. The van der Waals surface area contributed by atoms with Gasteiger partial charge in [-0.2, -0.15) is 0 Å². The fraction of sp³-hybridized carbons (Fsp3) is 0.533. The molecule has 0 N–H and O–H groups in total. The first kappa shape index (κ1) is 13.2. The molecule has 2 unspecified atom stereocenters. The fourth-order valence-electron chi connectivity index (χ4n) is 2.26. The van der Waals surface area contributed by atoms with Gasteiger partial charge < -0.3 is 4.90 Å². The highest BCUT2D eigenvalue weighted by molar-refractivity contribution is 5.96. The lowest BCUT2D eigenvalue weighted by Crippen LogP contribution is -2.24. The minimum atomic E-state index is -0.416. The molecule has 2 nitrogen and oxygen atoms in total. The third-order valence-corrected chi connectivity index (χ3v) is 3.72. The first-order chi connectivity index (χ1) is 8.58. The van der Waals surface area contributed by atoms with Gasteiger partial charge >= 0.3 is 0 Å². The summed E-state index contributed by atoms with van der Waals surface area (Å²) in [6.45, 7) is 4.01. The summed E-state index contributed by atoms with van der Waals surface area (Å²) >= 11 is 0. The van der Waals surface area contributed by atoms with Crippen molar-refractivity contribution in [2.45, 2.75) is 19.8 Å². The van der Waals surface area contributed by atoms with Crippen LogP contribution in [0.2, 0.25) is 0 Å². The van der Waals surface area contributed by atoms with Crippen molar-refractivity contribution in [1.29, 1.82) is 0 Å². The zero-order valence-corrected chi connectivity index (χ0v) is 11.0. The minimum Gasteiger partial charge on any atom is -0.306 e. The topological polar surface area (TPSA) is 20.3 Å². The molecule has 3 heteroatoms. The van der Waals surface area contributed by atoms with E-state index in [1.54, 1.807) is 18.2 Å². The number of ketones is 1. The summed E-state index contributed by atoms with van der Waals surface area (Å²) in [6.07, 6.45) is 1.68. The molecule has 1 aromatic rings. The Bertz CT molecular complexity index is 432. The first-order valence-electron chi connectivity index (χ1n) is 6.54. The number of nitrogens with zero attached hydrogens (tertiary/aromatic N) is 1. The lowest BCUT2D eigenvalue weighted by molar-refractivity contribution is 0.0964. The number of carbonyl (C=O) groups is 1. The van der Waals surface area contributed by atoms with Crippen molar-refractivity contribution < 1.29 is 9.18 Å². The van der Waals surface area contributed by atoms with E-state index in [1.807, 2.05) is 7.05 Å². The van der Waals surface area contributed by atoms with E-state index in [4.69, 9.17) is 0 Å². The van der Waals surface area contributed by atoms with Gasteiger partial charge in [-0.25, -0.2) is 4.39 Å². The van der Waals surface area contributed by atoms with Crippen molar-refractivity contribution in [3.05, 3.63) is 35.6 Å². The monoisotopic (exact) mass is 249 g/mol. The summed E-state index contributed by atoms with van der Waals surface area (Å²) in [6, 6.07) is 6.20. The van der Waals surface area contributed by atoms with Gasteiger partial charge in [0.05, 0.1) is 5.56 Å². The molecule has 0 amide bonds. The largest absolute Gasteiger partial charge is 0.306 e. The second-order valence-corrected chi connectivity index (χ2v) is 5.39. The summed E-state index contributed by atoms with van der Waals surface area (Å²) in [5.41, 5.74) is 0.214. The zero-order chi connectivity index (χ0) is 13.1. The molecule has 2 rings (SSSR count). The van der Waals surface area contributed by atoms with Crippen LogP contribution in [-0.2, 0) is 0 Å². The molecular formula is C15H20FNO. The molecular weight excluding hydrogens is 229 g/mol. The zero-order valence-electron chi connectivity index (χ0n) is 11.0. The molecule has 0 spiro atoms. The summed E-state index contributed by atoms with van der Waals surface area (Å²) in [5.74, 6) is 1.10. The molecule has 1 saturated carbocycles. The van der Waals surface area contributed by atoms with E-state index in [0.717, 1.165) is 18.4 Å². The molecule has 1 aromatic carbocycles. The van der Waals surface area contributed by atoms with E-state index in [9.17, 15) is 9.18 Å². The molecule has 1 fully saturated rings. The van der Waals surface area contributed by atoms with Crippen molar-refractivity contribution in [3.8, 4) is 0 Å². The number of carbonyl (C=O) groups excluding carboxylic acids is 1. The van der Waals surface area contributed by atoms with Crippen molar-refractivity contribution in [3.63, 3.8) is 0 Å². The van der Waals surface area contributed by atoms with Crippen LogP contribution in [-0.4, -0.2) is 30.8 Å². The van der Waals surface area contributed by atoms with E-state index in [1.165, 1.54) is 12.5 Å². The van der Waals surface area contributed by atoms with Crippen LogP contribution in [0, 0.1) is 17.7 Å². The molecule has 0 aliphatic heterocycles. The molecule has 2 atom stereocenters. The first-order valence-corrected chi connectivity index (χ1v) is 6.54. The molecule has 18 heavy (non-hydrogen) atoms. The Hall–Kier alpha value is -1.22. The Morgan fingerprint density at radius 2 is 2.11 bits per heavy atom. The predicted molar refractivity (Wildman–Crippen MR) is 70.1 cm³/mol. The van der Waals surface area contributed by atoms with Crippen LogP contribution in [0.5, 0.6) is 0 Å². The third-order valence-electron chi connectivity index (χ3n) is 3.72. The quantitative estimate of drug-likeness (QED) is 0.722. The lowest BCUT2D eigenvalue weighted by atomic mass is 10.1. The fourth-order valence-corrected chi connectivity index (χ4v) is 2.26. The SMILES string of the molecule is CC1CC1CN(C)CCC(=O)c1ccccc1F. The van der Waals surface area contributed by atoms with Gasteiger partial charge in [0, 0.05) is 19.5 Å². The maximum atomic E-state index is 13.4. The Labute approximate surface area is 108 Å². The number of hydrogen-bond donors (Lipinski definition) is 0. The number of benzene rings is 1. The van der Waals surface area contributed by atoms with E-state index in [2.05, 4.69) is 11.8 Å². The van der Waals surface area contributed by atoms with Crippen molar-refractivity contribution in [2.24, 2.45) is 11.8 Å². The van der Waals surface area contributed by atoms with E-state index in [0.29, 0.717) is 13.0 Å². The normalized spacial score (nSPS) is 22.2. The Balaban J connectivity index is 1.79. The van der Waals surface area contributed by atoms with Crippen molar-refractivity contribution >= 4 is 5.78 Å². The highest BCUT2D eigenvalue weighted by atomic mass is 19.1. The number of Topliss-reactive ketones (excluding diaryl/α,β-unsaturated/α-hetero) is 1. The van der Waals surface area contributed by atoms with Gasteiger partial charge in [-0.15, -0.1) is 0 Å². The molecule has 0 bridgehead atoms. The standard InChI is InChI=1S/C15H20FNO/c1-11-9-12(11)10-17(2)8-7-15(18)13-5-3-4-6-14(13)16/h3-6,11-12H,7-10H2,1-2H3. The highest BCUT2D eigenvalue weighted by Gasteiger charge is 2.33. The minimum absolute atomic E-state index is 0.108. The Morgan fingerprint density at radius 1 is 1.44 bits per heavy atom. The van der Waals surface area contributed by atoms with E-state index >= 15 is 0 Å². The predicted octanol–water partition coefficient (Wildman–Crippen LogP) is 2.99. The highest BCUT2D eigenvalue weighted by Crippen LogP contribution is 2.37. The average molecular weight is 249 g/mol. The number of rotatable bonds is 6. The van der Waals surface area contributed by atoms with Crippen LogP contribution in [0.1, 0.15) is 30.1 Å². The van der Waals surface area contributed by atoms with Gasteiger partial charge in [0.25, 0.3) is 0 Å². The number of halogens is 1. The van der Waals surface area contributed by atoms with Crippen LogP contribution in [0.15, 0.2) is 24.3 Å². The van der Waals surface area contributed by atoms with Crippen LogP contribution in [0.4, 0.5) is 4.39 Å². The summed E-state index contributed by atoms with van der Waals surface area (Å²) < 4.78 is 13.4. The summed E-state index contributed by atoms with van der Waals surface area (Å²) in [4.78, 5) is 14.0. The van der Waals surface area contributed by atoms with Crippen LogP contribution in [0.3, 0.4) is 0 Å². The van der Waals surface area contributed by atoms with Crippen molar-refractivity contribution in [1.82, 2.24) is 4.90 Å². The molecule has 0 radical (unpaired) electrons. The summed E-state index contributed by atoms with van der Waals surface area (Å²) in [5, 5.41) is 0. The summed E-state index contributed by atoms with van der Waals surface area (Å²) in [7, 11) is 2.03. The maximum Gasteiger partial charge on any atom is 0.167 e. The van der Waals surface area contributed by atoms with E-state index < -0.39 is 5.82 Å². The Morgan fingerprint density at radius 3 is 2.72 bits per heavy atom. The van der Waals surface area contributed by atoms with Gasteiger partial charge in [-0.05, 0) is 37.4 Å². The van der Waals surface area contributed by atoms with Crippen LogP contribution in [0.25, 0.3) is 0 Å². The Kier molecular flexibility index (Phi) is 4.12. The second kappa shape index (κ2) is 5.61. The smallest absolute Gasteiger partial charge is 0.167 e. The molecule has 0 heterocycles. The van der Waals surface area contributed by atoms with Crippen molar-refractivity contribution in [2.75, 3.05) is 20.1 Å².